The molecule has 1 aromatic heterocycles. The van der Waals surface area contributed by atoms with E-state index >= 15 is 0 Å². The molecule has 0 bridgehead atoms. The third-order valence-corrected chi connectivity index (χ3v) is 6.44. The average molecular weight is 471 g/mol. The number of para-hydroxylation sites is 2. The molecule has 1 fully saturated rings. The van der Waals surface area contributed by atoms with Crippen molar-refractivity contribution in [2.24, 2.45) is 0 Å². The van der Waals surface area contributed by atoms with Crippen LogP contribution in [0.2, 0.25) is 5.02 Å². The highest BCUT2D eigenvalue weighted by Crippen LogP contribution is 2.39. The van der Waals surface area contributed by atoms with Crippen molar-refractivity contribution in [2.45, 2.75) is 56.8 Å². The van der Waals surface area contributed by atoms with E-state index in [1.807, 2.05) is 36.4 Å². The number of carbonyl (C=O) groups excluding carboxylic acids is 1. The number of nitrogens with one attached hydrogen (secondary N) is 1. The first-order valence-electron chi connectivity index (χ1n) is 10.7. The maximum absolute atomic E-state index is 12.7. The van der Waals surface area contributed by atoms with Gasteiger partial charge in [0, 0.05) is 11.7 Å². The number of rotatable bonds is 8. The van der Waals surface area contributed by atoms with Crippen LogP contribution in [0, 0.1) is 0 Å². The number of halogens is 1. The van der Waals surface area contributed by atoms with Crippen molar-refractivity contribution in [1.29, 1.82) is 0 Å². The minimum absolute atomic E-state index is 0.0558. The summed E-state index contributed by atoms with van der Waals surface area (Å²) in [6.07, 6.45) is 2.16. The molecule has 32 heavy (non-hydrogen) atoms. The monoisotopic (exact) mass is 470 g/mol. The number of amides is 1. The maximum atomic E-state index is 12.7. The molecule has 3 aromatic rings. The first-order chi connectivity index (χ1) is 15.3. The Morgan fingerprint density at radius 1 is 1.16 bits per heavy atom. The molecule has 0 aliphatic heterocycles. The van der Waals surface area contributed by atoms with Gasteiger partial charge in [-0.05, 0) is 42.0 Å². The van der Waals surface area contributed by atoms with Crippen LogP contribution in [0.25, 0.3) is 0 Å². The van der Waals surface area contributed by atoms with E-state index in [4.69, 9.17) is 16.3 Å². The Kier molecular flexibility index (Phi) is 6.76. The highest BCUT2D eigenvalue weighted by molar-refractivity contribution is 7.99. The zero-order chi connectivity index (χ0) is 22.7. The zero-order valence-corrected chi connectivity index (χ0v) is 20.0. The fourth-order valence-corrected chi connectivity index (χ4v) is 4.49. The van der Waals surface area contributed by atoms with E-state index in [2.05, 4.69) is 46.9 Å². The van der Waals surface area contributed by atoms with E-state index in [1.54, 1.807) is 6.07 Å². The lowest BCUT2D eigenvalue weighted by Crippen LogP contribution is -2.20. The second kappa shape index (κ2) is 9.55. The van der Waals surface area contributed by atoms with Gasteiger partial charge >= 0.3 is 0 Å². The predicted molar refractivity (Wildman–Crippen MR) is 129 cm³/mol. The van der Waals surface area contributed by atoms with Gasteiger partial charge in [0.05, 0.1) is 10.8 Å². The quantitative estimate of drug-likeness (QED) is 0.417. The second-order valence-electron chi connectivity index (χ2n) is 8.85. The van der Waals surface area contributed by atoms with Crippen molar-refractivity contribution in [2.75, 3.05) is 11.1 Å². The number of hydrogen-bond acceptors (Lipinski definition) is 5. The average Bonchev–Trinajstić information content (AvgIpc) is 3.51. The molecule has 0 atom stereocenters. The van der Waals surface area contributed by atoms with Crippen LogP contribution < -0.4 is 10.1 Å². The topological polar surface area (TPSA) is 69.0 Å². The summed E-state index contributed by atoms with van der Waals surface area (Å²) in [5.74, 6) is 1.55. The van der Waals surface area contributed by atoms with E-state index in [1.165, 1.54) is 11.8 Å². The Morgan fingerprint density at radius 2 is 1.88 bits per heavy atom. The van der Waals surface area contributed by atoms with Crippen LogP contribution in [0.15, 0.2) is 53.7 Å². The van der Waals surface area contributed by atoms with E-state index in [-0.39, 0.29) is 23.7 Å². The molecule has 0 spiro atoms. The first kappa shape index (κ1) is 22.7. The molecule has 1 saturated carbocycles. The SMILES string of the molecule is CC(C)(C)c1ccccc1NC(=O)CSc1nnc(COc2ccccc2Cl)n1C1CC1. The van der Waals surface area contributed by atoms with Crippen molar-refractivity contribution in [3.8, 4) is 5.75 Å². The summed E-state index contributed by atoms with van der Waals surface area (Å²) in [7, 11) is 0. The molecule has 0 saturated heterocycles. The largest absolute Gasteiger partial charge is 0.484 e. The van der Waals surface area contributed by atoms with Gasteiger partial charge in [0.15, 0.2) is 11.0 Å². The van der Waals surface area contributed by atoms with Crippen molar-refractivity contribution >= 4 is 35.0 Å². The molecule has 168 valence electrons. The normalized spacial score (nSPS) is 13.8. The molecule has 4 rings (SSSR count). The summed E-state index contributed by atoms with van der Waals surface area (Å²) >= 11 is 7.58. The lowest BCUT2D eigenvalue weighted by Gasteiger charge is -2.23. The Hall–Kier alpha value is -2.51. The van der Waals surface area contributed by atoms with Gasteiger partial charge in [0.25, 0.3) is 0 Å². The molecule has 2 aromatic carbocycles. The number of benzene rings is 2. The lowest BCUT2D eigenvalue weighted by atomic mass is 9.86. The highest BCUT2D eigenvalue weighted by Gasteiger charge is 2.30. The van der Waals surface area contributed by atoms with E-state index in [0.717, 1.165) is 35.1 Å². The number of anilines is 1. The fourth-order valence-electron chi connectivity index (χ4n) is 3.47. The first-order valence-corrected chi connectivity index (χ1v) is 12.0. The van der Waals surface area contributed by atoms with Crippen molar-refractivity contribution in [1.82, 2.24) is 14.8 Å². The van der Waals surface area contributed by atoms with Crippen LogP contribution in [-0.4, -0.2) is 26.4 Å². The van der Waals surface area contributed by atoms with Crippen molar-refractivity contribution < 1.29 is 9.53 Å². The van der Waals surface area contributed by atoms with Crippen LogP contribution in [0.3, 0.4) is 0 Å². The van der Waals surface area contributed by atoms with E-state index < -0.39 is 0 Å². The number of ether oxygens (including phenoxy) is 1. The molecule has 0 unspecified atom stereocenters. The second-order valence-corrected chi connectivity index (χ2v) is 10.2. The Bertz CT molecular complexity index is 1110. The number of nitrogens with zero attached hydrogens (tertiary/aromatic N) is 3. The summed E-state index contributed by atoms with van der Waals surface area (Å²) in [5.41, 5.74) is 1.90. The third kappa shape index (κ3) is 5.45. The van der Waals surface area contributed by atoms with Gasteiger partial charge in [-0.15, -0.1) is 10.2 Å². The number of carbonyl (C=O) groups is 1. The van der Waals surface area contributed by atoms with Crippen LogP contribution >= 0.6 is 23.4 Å². The predicted octanol–water partition coefficient (Wildman–Crippen LogP) is 5.87. The smallest absolute Gasteiger partial charge is 0.234 e. The standard InChI is InChI=1S/C24H27ClN4O2S/c1-24(2,3)17-8-4-6-10-19(17)26-22(30)15-32-23-28-27-21(29(23)16-12-13-16)14-31-20-11-7-5-9-18(20)25/h4-11,16H,12-15H2,1-3H3,(H,26,30). The molecule has 1 heterocycles. The summed E-state index contributed by atoms with van der Waals surface area (Å²) in [6.45, 7) is 6.68. The van der Waals surface area contributed by atoms with Crippen LogP contribution in [0.1, 0.15) is 51.0 Å². The molecule has 8 heteroatoms. The molecule has 1 amide bonds. The van der Waals surface area contributed by atoms with Crippen LogP contribution in [-0.2, 0) is 16.8 Å². The third-order valence-electron chi connectivity index (χ3n) is 5.18. The molecule has 6 nitrogen and oxygen atoms in total. The van der Waals surface area contributed by atoms with Gasteiger partial charge in [-0.25, -0.2) is 0 Å². The molecular weight excluding hydrogens is 444 g/mol. The summed E-state index contributed by atoms with van der Waals surface area (Å²) in [4.78, 5) is 12.7. The Balaban J connectivity index is 1.41. The number of aromatic nitrogens is 3. The molecule has 0 radical (unpaired) electrons. The van der Waals surface area contributed by atoms with Gasteiger partial charge in [-0.3, -0.25) is 9.36 Å². The minimum atomic E-state index is -0.0640. The highest BCUT2D eigenvalue weighted by atomic mass is 35.5. The van der Waals surface area contributed by atoms with Crippen molar-refractivity contribution in [3.05, 3.63) is 64.9 Å². The van der Waals surface area contributed by atoms with Gasteiger partial charge in [-0.1, -0.05) is 74.5 Å². The Morgan fingerprint density at radius 3 is 2.59 bits per heavy atom. The number of hydrogen-bond donors (Lipinski definition) is 1. The molecule has 1 aliphatic carbocycles. The lowest BCUT2D eigenvalue weighted by molar-refractivity contribution is -0.113. The van der Waals surface area contributed by atoms with Gasteiger partial charge < -0.3 is 10.1 Å². The maximum Gasteiger partial charge on any atom is 0.234 e. The van der Waals surface area contributed by atoms with E-state index in [0.29, 0.717) is 16.8 Å². The zero-order valence-electron chi connectivity index (χ0n) is 18.5. The minimum Gasteiger partial charge on any atom is -0.484 e. The van der Waals surface area contributed by atoms with E-state index in [9.17, 15) is 4.79 Å². The van der Waals surface area contributed by atoms with Gasteiger partial charge in [0.2, 0.25) is 5.91 Å². The molecule has 1 aliphatic rings. The van der Waals surface area contributed by atoms with Gasteiger partial charge in [-0.2, -0.15) is 0 Å². The fraction of sp³-hybridized carbons (Fsp3) is 0.375. The van der Waals surface area contributed by atoms with Crippen molar-refractivity contribution in [3.63, 3.8) is 0 Å². The van der Waals surface area contributed by atoms with Crippen LogP contribution in [0.5, 0.6) is 5.75 Å². The molecule has 1 N–H and O–H groups in total. The van der Waals surface area contributed by atoms with Gasteiger partial charge in [0.1, 0.15) is 12.4 Å². The van der Waals surface area contributed by atoms with Crippen LogP contribution in [0.4, 0.5) is 5.69 Å². The summed E-state index contributed by atoms with van der Waals surface area (Å²) in [5, 5.41) is 13.0. The number of thioether (sulfide) groups is 1. The summed E-state index contributed by atoms with van der Waals surface area (Å²) < 4.78 is 7.96. The summed E-state index contributed by atoms with van der Waals surface area (Å²) in [6, 6.07) is 15.7. The molecular formula is C24H27ClN4O2S. The Labute approximate surface area is 197 Å².